The molecule has 0 bridgehead atoms. The van der Waals surface area contributed by atoms with Crippen LogP contribution in [0.15, 0.2) is 12.4 Å². The Morgan fingerprint density at radius 1 is 1.57 bits per heavy atom. The van der Waals surface area contributed by atoms with E-state index in [9.17, 15) is 0 Å². The Morgan fingerprint density at radius 3 is 2.79 bits per heavy atom. The highest BCUT2D eigenvalue weighted by Gasteiger charge is 2.34. The van der Waals surface area contributed by atoms with Crippen LogP contribution in [0.2, 0.25) is 0 Å². The van der Waals surface area contributed by atoms with Crippen LogP contribution in [0.5, 0.6) is 0 Å². The molecule has 0 aromatic carbocycles. The summed E-state index contributed by atoms with van der Waals surface area (Å²) < 4.78 is 1.88. The molecule has 2 rings (SSSR count). The molecule has 0 atom stereocenters. The summed E-state index contributed by atoms with van der Waals surface area (Å²) in [5.74, 6) is 0. The topological polar surface area (TPSA) is 29.9 Å². The molecule has 0 saturated carbocycles. The first kappa shape index (κ1) is 9.71. The third-order valence-corrected chi connectivity index (χ3v) is 3.45. The maximum Gasteiger partial charge on any atom is 0.0521 e. The van der Waals surface area contributed by atoms with E-state index in [0.29, 0.717) is 5.41 Å². The van der Waals surface area contributed by atoms with Gasteiger partial charge in [-0.15, -0.1) is 0 Å². The first-order valence-electron chi connectivity index (χ1n) is 5.42. The van der Waals surface area contributed by atoms with E-state index >= 15 is 0 Å². The Labute approximate surface area is 85.5 Å². The van der Waals surface area contributed by atoms with Crippen molar-refractivity contribution < 1.29 is 0 Å². The molecule has 78 valence electrons. The molecule has 0 radical (unpaired) electrons. The van der Waals surface area contributed by atoms with Gasteiger partial charge in [-0.1, -0.05) is 6.92 Å². The third-order valence-electron chi connectivity index (χ3n) is 3.45. The van der Waals surface area contributed by atoms with E-state index in [1.54, 1.807) is 0 Å². The van der Waals surface area contributed by atoms with Crippen molar-refractivity contribution in [1.29, 1.82) is 0 Å². The second-order valence-corrected chi connectivity index (χ2v) is 4.48. The minimum Gasteiger partial charge on any atom is -0.316 e. The lowest BCUT2D eigenvalue weighted by atomic mass is 9.75. The number of hydrogen-bond donors (Lipinski definition) is 1. The van der Waals surface area contributed by atoms with Crippen molar-refractivity contribution in [2.45, 2.75) is 26.2 Å². The smallest absolute Gasteiger partial charge is 0.0521 e. The molecular formula is C11H19N3. The number of hydrogen-bond acceptors (Lipinski definition) is 2. The fraction of sp³-hybridized carbons (Fsp3) is 0.727. The van der Waals surface area contributed by atoms with Crippen LogP contribution in [0.1, 0.15) is 25.3 Å². The fourth-order valence-electron chi connectivity index (χ4n) is 2.09. The van der Waals surface area contributed by atoms with Gasteiger partial charge in [0.05, 0.1) is 6.20 Å². The van der Waals surface area contributed by atoms with Crippen LogP contribution in [0.25, 0.3) is 0 Å². The predicted octanol–water partition coefficient (Wildman–Crippen LogP) is 1.35. The first-order chi connectivity index (χ1) is 6.74. The van der Waals surface area contributed by atoms with Crippen molar-refractivity contribution in [2.24, 2.45) is 12.5 Å². The number of nitrogens with zero attached hydrogens (tertiary/aromatic N) is 2. The molecule has 1 aromatic heterocycles. The zero-order chi connectivity index (χ0) is 10.0. The normalized spacial score (nSPS) is 19.3. The van der Waals surface area contributed by atoms with Gasteiger partial charge in [0, 0.05) is 26.3 Å². The Kier molecular flexibility index (Phi) is 2.59. The maximum atomic E-state index is 4.19. The Bertz CT molecular complexity index is 294. The van der Waals surface area contributed by atoms with Gasteiger partial charge in [-0.3, -0.25) is 4.68 Å². The summed E-state index contributed by atoms with van der Waals surface area (Å²) in [5, 5.41) is 7.56. The molecule has 2 heterocycles. The third kappa shape index (κ3) is 1.82. The van der Waals surface area contributed by atoms with Crippen LogP contribution in [0, 0.1) is 5.41 Å². The Hall–Kier alpha value is -0.830. The monoisotopic (exact) mass is 193 g/mol. The number of aromatic nitrogens is 2. The minimum atomic E-state index is 0.579. The standard InChI is InChI=1S/C11H19N3/c1-3-11(8-12-9-11)5-4-10-6-13-14(2)7-10/h6-7,12H,3-5,8-9H2,1-2H3. The predicted molar refractivity (Wildman–Crippen MR) is 57.1 cm³/mol. The summed E-state index contributed by atoms with van der Waals surface area (Å²) in [4.78, 5) is 0. The summed E-state index contributed by atoms with van der Waals surface area (Å²) in [5.41, 5.74) is 1.95. The highest BCUT2D eigenvalue weighted by molar-refractivity contribution is 5.05. The summed E-state index contributed by atoms with van der Waals surface area (Å²) >= 11 is 0. The van der Waals surface area contributed by atoms with Gasteiger partial charge < -0.3 is 5.32 Å². The van der Waals surface area contributed by atoms with E-state index in [0.717, 1.165) is 0 Å². The van der Waals surface area contributed by atoms with Gasteiger partial charge in [0.2, 0.25) is 0 Å². The molecule has 3 nitrogen and oxygen atoms in total. The molecule has 1 aliphatic rings. The second kappa shape index (κ2) is 3.73. The lowest BCUT2D eigenvalue weighted by molar-refractivity contribution is 0.146. The molecule has 1 fully saturated rings. The van der Waals surface area contributed by atoms with Crippen LogP contribution in [-0.4, -0.2) is 22.9 Å². The van der Waals surface area contributed by atoms with Gasteiger partial charge >= 0.3 is 0 Å². The summed E-state index contributed by atoms with van der Waals surface area (Å²) in [6.07, 6.45) is 7.86. The van der Waals surface area contributed by atoms with Gasteiger partial charge in [0.15, 0.2) is 0 Å². The maximum absolute atomic E-state index is 4.19. The van der Waals surface area contributed by atoms with Gasteiger partial charge in [0.1, 0.15) is 0 Å². The molecule has 3 heteroatoms. The molecule has 0 aliphatic carbocycles. The molecule has 0 spiro atoms. The first-order valence-corrected chi connectivity index (χ1v) is 5.42. The SMILES string of the molecule is CCC1(CCc2cnn(C)c2)CNC1. The van der Waals surface area contributed by atoms with Crippen LogP contribution in [0.4, 0.5) is 0 Å². The summed E-state index contributed by atoms with van der Waals surface area (Å²) in [6, 6.07) is 0. The van der Waals surface area contributed by atoms with E-state index < -0.39 is 0 Å². The van der Waals surface area contributed by atoms with Crippen molar-refractivity contribution in [2.75, 3.05) is 13.1 Å². The van der Waals surface area contributed by atoms with E-state index in [-0.39, 0.29) is 0 Å². The molecule has 14 heavy (non-hydrogen) atoms. The van der Waals surface area contributed by atoms with E-state index in [1.807, 2.05) is 17.9 Å². The molecule has 1 N–H and O–H groups in total. The Balaban J connectivity index is 1.87. The molecule has 1 saturated heterocycles. The number of nitrogens with one attached hydrogen (secondary N) is 1. The van der Waals surface area contributed by atoms with Crippen LogP contribution in [-0.2, 0) is 13.5 Å². The summed E-state index contributed by atoms with van der Waals surface area (Å²) in [7, 11) is 1.98. The molecule has 0 unspecified atom stereocenters. The van der Waals surface area contributed by atoms with Gasteiger partial charge in [-0.2, -0.15) is 5.10 Å². The second-order valence-electron chi connectivity index (χ2n) is 4.48. The van der Waals surface area contributed by atoms with E-state index in [2.05, 4.69) is 23.5 Å². The van der Waals surface area contributed by atoms with Crippen LogP contribution < -0.4 is 5.32 Å². The van der Waals surface area contributed by atoms with E-state index in [1.165, 1.54) is 37.9 Å². The van der Waals surface area contributed by atoms with Crippen LogP contribution in [0.3, 0.4) is 0 Å². The van der Waals surface area contributed by atoms with Crippen molar-refractivity contribution in [3.05, 3.63) is 18.0 Å². The van der Waals surface area contributed by atoms with Gasteiger partial charge in [-0.25, -0.2) is 0 Å². The quantitative estimate of drug-likeness (QED) is 0.782. The van der Waals surface area contributed by atoms with Gasteiger partial charge in [-0.05, 0) is 30.2 Å². The summed E-state index contributed by atoms with van der Waals surface area (Å²) in [6.45, 7) is 4.69. The number of rotatable bonds is 4. The van der Waals surface area contributed by atoms with Crippen molar-refractivity contribution in [1.82, 2.24) is 15.1 Å². The number of aryl methyl sites for hydroxylation is 2. The van der Waals surface area contributed by atoms with Crippen LogP contribution >= 0.6 is 0 Å². The van der Waals surface area contributed by atoms with Crippen molar-refractivity contribution in [3.63, 3.8) is 0 Å². The molecular weight excluding hydrogens is 174 g/mol. The Morgan fingerprint density at radius 2 is 2.36 bits per heavy atom. The largest absolute Gasteiger partial charge is 0.316 e. The molecule has 1 aliphatic heterocycles. The zero-order valence-electron chi connectivity index (χ0n) is 9.08. The van der Waals surface area contributed by atoms with Crippen molar-refractivity contribution >= 4 is 0 Å². The highest BCUT2D eigenvalue weighted by atomic mass is 15.2. The lowest BCUT2D eigenvalue weighted by Gasteiger charge is -2.42. The van der Waals surface area contributed by atoms with Gasteiger partial charge in [0.25, 0.3) is 0 Å². The highest BCUT2D eigenvalue weighted by Crippen LogP contribution is 2.32. The average Bonchev–Trinajstić information content (AvgIpc) is 2.50. The minimum absolute atomic E-state index is 0.579. The average molecular weight is 193 g/mol. The van der Waals surface area contributed by atoms with E-state index in [4.69, 9.17) is 0 Å². The van der Waals surface area contributed by atoms with Crippen molar-refractivity contribution in [3.8, 4) is 0 Å². The molecule has 0 amide bonds. The molecule has 1 aromatic rings. The lowest BCUT2D eigenvalue weighted by Crippen LogP contribution is -2.53. The fourth-order valence-corrected chi connectivity index (χ4v) is 2.09. The zero-order valence-corrected chi connectivity index (χ0v) is 9.08.